The van der Waals surface area contributed by atoms with Gasteiger partial charge >= 0.3 is 6.09 Å². The molecule has 1 aromatic heterocycles. The van der Waals surface area contributed by atoms with Gasteiger partial charge in [0.05, 0.1) is 18.3 Å². The monoisotopic (exact) mass is 680 g/mol. The van der Waals surface area contributed by atoms with Crippen LogP contribution >= 0.6 is 0 Å². The minimum Gasteiger partial charge on any atom is -0.444 e. The van der Waals surface area contributed by atoms with E-state index in [0.717, 1.165) is 24.1 Å². The Balaban J connectivity index is 1.54. The number of hydrogen-bond acceptors (Lipinski definition) is 8. The van der Waals surface area contributed by atoms with Crippen LogP contribution < -0.4 is 4.90 Å². The SMILES string of the molecule is Cc1cc(C2CCc3c(nc(S(C)(=O)=O)nc3N3CCN(C(=O)OC(C)(C)C)C[C@@H]3CO[Si](C)(C)C(C)(C)C)C2)c2ccccc2c1. The minimum atomic E-state index is -3.70. The number of piperazine rings is 1. The Morgan fingerprint density at radius 1 is 1.04 bits per heavy atom. The Bertz CT molecular complexity index is 1760. The van der Waals surface area contributed by atoms with Gasteiger partial charge in [-0.2, -0.15) is 0 Å². The number of ether oxygens (including phenoxy) is 1. The number of amides is 1. The predicted octanol–water partition coefficient (Wildman–Crippen LogP) is 7.06. The molecule has 0 spiro atoms. The molecule has 1 unspecified atom stereocenters. The fraction of sp³-hybridized carbons (Fsp3) is 0.583. The molecule has 256 valence electrons. The molecule has 1 aliphatic carbocycles. The van der Waals surface area contributed by atoms with Gasteiger partial charge in [-0.25, -0.2) is 23.2 Å². The Hall–Kier alpha value is -3.02. The molecule has 9 nitrogen and oxygen atoms in total. The zero-order chi connectivity index (χ0) is 34.5. The van der Waals surface area contributed by atoms with Gasteiger partial charge in [-0.1, -0.05) is 62.7 Å². The molecular formula is C36H52N4O5SSi. The number of aryl methyl sites for hydroxylation is 1. The number of nitrogens with zero attached hydrogens (tertiary/aromatic N) is 4. The third-order valence-electron chi connectivity index (χ3n) is 9.89. The van der Waals surface area contributed by atoms with Crippen LogP contribution in [-0.4, -0.2) is 81.8 Å². The van der Waals surface area contributed by atoms with Crippen molar-refractivity contribution in [2.45, 2.75) is 109 Å². The van der Waals surface area contributed by atoms with Crippen LogP contribution in [0.25, 0.3) is 10.8 Å². The van der Waals surface area contributed by atoms with Crippen molar-refractivity contribution in [2.75, 3.05) is 37.4 Å². The highest BCUT2D eigenvalue weighted by Crippen LogP contribution is 2.41. The van der Waals surface area contributed by atoms with Crippen LogP contribution in [0.4, 0.5) is 10.6 Å². The van der Waals surface area contributed by atoms with Crippen LogP contribution in [0.2, 0.25) is 18.1 Å². The molecule has 2 heterocycles. The van der Waals surface area contributed by atoms with Crippen LogP contribution in [0.1, 0.15) is 76.3 Å². The highest BCUT2D eigenvalue weighted by atomic mass is 32.2. The van der Waals surface area contributed by atoms with Crippen molar-refractivity contribution in [3.63, 3.8) is 0 Å². The third kappa shape index (κ3) is 7.83. The lowest BCUT2D eigenvalue weighted by molar-refractivity contribution is 0.0198. The second kappa shape index (κ2) is 12.8. The van der Waals surface area contributed by atoms with E-state index in [4.69, 9.17) is 19.1 Å². The molecule has 0 N–H and O–H groups in total. The highest BCUT2D eigenvalue weighted by Gasteiger charge is 2.41. The molecule has 0 saturated carbocycles. The van der Waals surface area contributed by atoms with Gasteiger partial charge in [-0.05, 0) is 87.3 Å². The number of carbonyl (C=O) groups is 1. The van der Waals surface area contributed by atoms with E-state index >= 15 is 0 Å². The maximum atomic E-state index is 13.2. The van der Waals surface area contributed by atoms with Crippen molar-refractivity contribution in [1.29, 1.82) is 0 Å². The van der Waals surface area contributed by atoms with E-state index in [0.29, 0.717) is 38.5 Å². The van der Waals surface area contributed by atoms with E-state index in [9.17, 15) is 13.2 Å². The number of aromatic nitrogens is 2. The maximum Gasteiger partial charge on any atom is 0.410 e. The first kappa shape index (κ1) is 35.3. The van der Waals surface area contributed by atoms with Gasteiger partial charge in [0.1, 0.15) is 11.4 Å². The van der Waals surface area contributed by atoms with Gasteiger partial charge in [0.15, 0.2) is 8.32 Å². The summed E-state index contributed by atoms with van der Waals surface area (Å²) in [5, 5.41) is 2.29. The molecule has 3 aromatic rings. The van der Waals surface area contributed by atoms with Crippen LogP contribution in [0, 0.1) is 6.92 Å². The average molecular weight is 681 g/mol. The van der Waals surface area contributed by atoms with Crippen molar-refractivity contribution in [2.24, 2.45) is 0 Å². The lowest BCUT2D eigenvalue weighted by atomic mass is 9.80. The first-order valence-electron chi connectivity index (χ1n) is 16.7. The third-order valence-corrected chi connectivity index (χ3v) is 15.2. The van der Waals surface area contributed by atoms with Crippen LogP contribution in [0.15, 0.2) is 41.6 Å². The van der Waals surface area contributed by atoms with E-state index in [1.807, 2.05) is 20.8 Å². The number of anilines is 1. The molecule has 2 atom stereocenters. The predicted molar refractivity (Wildman–Crippen MR) is 191 cm³/mol. The lowest BCUT2D eigenvalue weighted by Crippen LogP contribution is -2.59. The summed E-state index contributed by atoms with van der Waals surface area (Å²) in [6.07, 6.45) is 3.07. The summed E-state index contributed by atoms with van der Waals surface area (Å²) in [6, 6.07) is 12.7. The number of fused-ring (bicyclic) bond motifs is 2. The molecule has 1 amide bonds. The van der Waals surface area contributed by atoms with Gasteiger partial charge in [-0.15, -0.1) is 0 Å². The van der Waals surface area contributed by atoms with Gasteiger partial charge in [0.25, 0.3) is 0 Å². The van der Waals surface area contributed by atoms with E-state index in [2.05, 4.69) is 82.1 Å². The largest absolute Gasteiger partial charge is 0.444 e. The van der Waals surface area contributed by atoms with E-state index in [-0.39, 0.29) is 28.2 Å². The quantitative estimate of drug-likeness (QED) is 0.202. The summed E-state index contributed by atoms with van der Waals surface area (Å²) in [4.78, 5) is 26.6. The molecule has 1 saturated heterocycles. The average Bonchev–Trinajstić information content (AvgIpc) is 2.96. The zero-order valence-electron chi connectivity index (χ0n) is 29.8. The molecule has 0 bridgehead atoms. The highest BCUT2D eigenvalue weighted by molar-refractivity contribution is 7.90. The number of hydrogen-bond donors (Lipinski definition) is 0. The van der Waals surface area contributed by atoms with Gasteiger partial charge in [0, 0.05) is 31.5 Å². The summed E-state index contributed by atoms with van der Waals surface area (Å²) in [5.74, 6) is 0.847. The van der Waals surface area contributed by atoms with Crippen LogP contribution in [0.5, 0.6) is 0 Å². The van der Waals surface area contributed by atoms with E-state index in [1.54, 1.807) is 4.90 Å². The van der Waals surface area contributed by atoms with Crippen molar-refractivity contribution < 1.29 is 22.4 Å². The summed E-state index contributed by atoms with van der Waals surface area (Å²) in [5.41, 5.74) is 3.65. The van der Waals surface area contributed by atoms with Crippen LogP contribution in [-0.2, 0) is 31.8 Å². The Kier molecular flexibility index (Phi) is 9.60. The van der Waals surface area contributed by atoms with E-state index < -0.39 is 23.8 Å². The molecular weight excluding hydrogens is 629 g/mol. The molecule has 5 rings (SSSR count). The number of sulfone groups is 1. The second-order valence-electron chi connectivity index (χ2n) is 15.9. The zero-order valence-corrected chi connectivity index (χ0v) is 31.6. The summed E-state index contributed by atoms with van der Waals surface area (Å²) in [7, 11) is -5.84. The van der Waals surface area contributed by atoms with E-state index in [1.165, 1.54) is 28.2 Å². The Morgan fingerprint density at radius 3 is 2.40 bits per heavy atom. The Morgan fingerprint density at radius 2 is 1.74 bits per heavy atom. The number of carbonyl (C=O) groups excluding carboxylic acids is 1. The molecule has 47 heavy (non-hydrogen) atoms. The number of benzene rings is 2. The fourth-order valence-electron chi connectivity index (χ4n) is 6.37. The summed E-state index contributed by atoms with van der Waals surface area (Å²) in [6.45, 7) is 20.5. The first-order valence-corrected chi connectivity index (χ1v) is 21.5. The van der Waals surface area contributed by atoms with Crippen molar-refractivity contribution >= 4 is 40.8 Å². The molecule has 1 aliphatic heterocycles. The lowest BCUT2D eigenvalue weighted by Gasteiger charge is -2.45. The smallest absolute Gasteiger partial charge is 0.410 e. The fourth-order valence-corrected chi connectivity index (χ4v) is 7.94. The van der Waals surface area contributed by atoms with Crippen molar-refractivity contribution in [3.8, 4) is 0 Å². The summed E-state index contributed by atoms with van der Waals surface area (Å²) >= 11 is 0. The number of rotatable bonds is 6. The topological polar surface area (TPSA) is 102 Å². The molecule has 2 aromatic carbocycles. The normalized spacial score (nSPS) is 19.5. The van der Waals surface area contributed by atoms with Crippen molar-refractivity contribution in [3.05, 3.63) is 58.8 Å². The van der Waals surface area contributed by atoms with Gasteiger partial charge < -0.3 is 19.0 Å². The van der Waals surface area contributed by atoms with Crippen molar-refractivity contribution in [1.82, 2.24) is 14.9 Å². The Labute approximate surface area is 282 Å². The molecule has 11 heteroatoms. The minimum absolute atomic E-state index is 0.00384. The maximum absolute atomic E-state index is 13.2. The van der Waals surface area contributed by atoms with Crippen LogP contribution in [0.3, 0.4) is 0 Å². The second-order valence-corrected chi connectivity index (χ2v) is 22.6. The standard InChI is InChI=1S/C36H52N4O5SSi/c1-24-19-25-13-11-12-14-28(25)30(20-24)26-15-16-29-31(21-26)37-33(46(8,42)43)38-32(29)40-18-17-39(34(41)45-35(2,3)4)22-27(40)23-44-47(9,10)36(5,6)7/h11-14,19-20,26-27H,15-18,21-23H2,1-10H3/t26?,27-/m1/s1. The molecule has 1 fully saturated rings. The molecule has 0 radical (unpaired) electrons. The van der Waals surface area contributed by atoms with Gasteiger partial charge in [0.2, 0.25) is 15.0 Å². The summed E-state index contributed by atoms with van der Waals surface area (Å²) < 4.78 is 38.5. The first-order chi connectivity index (χ1) is 21.7. The van der Waals surface area contributed by atoms with Gasteiger partial charge in [-0.3, -0.25) is 0 Å². The molecule has 2 aliphatic rings.